The van der Waals surface area contributed by atoms with Crippen LogP contribution < -0.4 is 0 Å². The minimum atomic E-state index is -0.141. The molecule has 0 saturated heterocycles. The number of aryl methyl sites for hydroxylation is 1. The molecule has 0 aliphatic carbocycles. The predicted octanol–water partition coefficient (Wildman–Crippen LogP) is 7.15. The van der Waals surface area contributed by atoms with E-state index in [1.165, 1.54) is 55.2 Å². The molecule has 0 unspecified atom stereocenters. The van der Waals surface area contributed by atoms with Crippen LogP contribution in [0.1, 0.15) is 75.0 Å². The van der Waals surface area contributed by atoms with Crippen molar-refractivity contribution in [1.82, 2.24) is 4.90 Å². The van der Waals surface area contributed by atoms with Gasteiger partial charge in [0.2, 0.25) is 0 Å². The molecule has 1 aliphatic heterocycles. The molecule has 0 radical (unpaired) electrons. The first-order chi connectivity index (χ1) is 15.6. The zero-order valence-corrected chi connectivity index (χ0v) is 20.3. The average Bonchev–Trinajstić information content (AvgIpc) is 3.04. The summed E-state index contributed by atoms with van der Waals surface area (Å²) in [6.07, 6.45) is 9.54. The molecule has 2 amide bonds. The van der Waals surface area contributed by atoms with E-state index in [4.69, 9.17) is 0 Å². The van der Waals surface area contributed by atoms with Gasteiger partial charge in [-0.1, -0.05) is 112 Å². The molecule has 4 heteroatoms. The van der Waals surface area contributed by atoms with Gasteiger partial charge in [-0.25, -0.2) is 0 Å². The Morgan fingerprint density at radius 3 is 2.03 bits per heavy atom. The van der Waals surface area contributed by atoms with Crippen LogP contribution >= 0.6 is 11.8 Å². The normalized spacial score (nSPS) is 14.0. The van der Waals surface area contributed by atoms with Crippen LogP contribution in [0.5, 0.6) is 0 Å². The van der Waals surface area contributed by atoms with E-state index >= 15 is 0 Å². The van der Waals surface area contributed by atoms with E-state index < -0.39 is 0 Å². The van der Waals surface area contributed by atoms with E-state index in [2.05, 4.69) is 19.1 Å². The first-order valence-electron chi connectivity index (χ1n) is 12.0. The van der Waals surface area contributed by atoms with Crippen molar-refractivity contribution in [1.29, 1.82) is 0 Å². The summed E-state index contributed by atoms with van der Waals surface area (Å²) in [6.45, 7) is 4.77. The van der Waals surface area contributed by atoms with Crippen molar-refractivity contribution in [3.05, 3.63) is 76.2 Å². The lowest BCUT2D eigenvalue weighted by Gasteiger charge is -2.15. The maximum absolute atomic E-state index is 13.3. The first kappa shape index (κ1) is 24.3. The minimum Gasteiger partial charge on any atom is -0.274 e. The molecule has 3 nitrogen and oxygen atoms in total. The summed E-state index contributed by atoms with van der Waals surface area (Å²) in [5, 5.41) is 0. The van der Waals surface area contributed by atoms with E-state index in [1.54, 1.807) is 0 Å². The second kappa shape index (κ2) is 12.6. The van der Waals surface area contributed by atoms with Gasteiger partial charge in [-0.15, -0.1) is 11.8 Å². The fourth-order valence-electron chi connectivity index (χ4n) is 4.00. The highest BCUT2D eigenvalue weighted by Crippen LogP contribution is 2.37. The third-order valence-corrected chi connectivity index (χ3v) is 7.07. The smallest absolute Gasteiger partial charge is 0.267 e. The van der Waals surface area contributed by atoms with Crippen molar-refractivity contribution in [2.24, 2.45) is 0 Å². The highest BCUT2D eigenvalue weighted by atomic mass is 32.2. The Morgan fingerprint density at radius 2 is 1.38 bits per heavy atom. The van der Waals surface area contributed by atoms with Crippen molar-refractivity contribution >= 4 is 29.1 Å². The summed E-state index contributed by atoms with van der Waals surface area (Å²) in [6, 6.07) is 18.0. The van der Waals surface area contributed by atoms with Gasteiger partial charge in [0, 0.05) is 12.3 Å². The largest absolute Gasteiger partial charge is 0.274 e. The van der Waals surface area contributed by atoms with Crippen molar-refractivity contribution in [3.8, 4) is 0 Å². The van der Waals surface area contributed by atoms with Gasteiger partial charge in [-0.05, 0) is 24.5 Å². The molecule has 32 heavy (non-hydrogen) atoms. The number of benzene rings is 2. The monoisotopic (exact) mass is 449 g/mol. The Balaban J connectivity index is 1.65. The molecule has 0 saturated carbocycles. The minimum absolute atomic E-state index is 0.130. The van der Waals surface area contributed by atoms with Crippen LogP contribution in [0.3, 0.4) is 0 Å². The number of nitrogens with zero attached hydrogens (tertiary/aromatic N) is 1. The van der Waals surface area contributed by atoms with Crippen molar-refractivity contribution in [3.63, 3.8) is 0 Å². The van der Waals surface area contributed by atoms with Gasteiger partial charge in [0.05, 0.1) is 10.5 Å². The van der Waals surface area contributed by atoms with Crippen LogP contribution in [0.4, 0.5) is 0 Å². The Labute approximate surface area is 197 Å². The lowest BCUT2D eigenvalue weighted by molar-refractivity contribution is -0.136. The van der Waals surface area contributed by atoms with Gasteiger partial charge in [0.25, 0.3) is 11.8 Å². The van der Waals surface area contributed by atoms with E-state index in [0.717, 1.165) is 29.5 Å². The van der Waals surface area contributed by atoms with Gasteiger partial charge in [-0.3, -0.25) is 14.5 Å². The number of imide groups is 1. The van der Waals surface area contributed by atoms with E-state index in [9.17, 15) is 9.59 Å². The van der Waals surface area contributed by atoms with Crippen LogP contribution in [-0.4, -0.2) is 23.3 Å². The molecular formula is C28H35NO2S. The topological polar surface area (TPSA) is 37.4 Å². The lowest BCUT2D eigenvalue weighted by atomic mass is 10.0. The summed E-state index contributed by atoms with van der Waals surface area (Å²) < 4.78 is 0. The quantitative estimate of drug-likeness (QED) is 0.241. The molecule has 0 atom stereocenters. The Kier molecular flexibility index (Phi) is 9.61. The average molecular weight is 450 g/mol. The number of carbonyl (C=O) groups is 2. The summed E-state index contributed by atoms with van der Waals surface area (Å²) >= 11 is 1.48. The molecule has 170 valence electrons. The third-order valence-electron chi connectivity index (χ3n) is 5.93. The molecule has 2 aromatic carbocycles. The molecule has 1 aliphatic rings. The maximum Gasteiger partial charge on any atom is 0.267 e. The van der Waals surface area contributed by atoms with E-state index in [1.807, 2.05) is 49.4 Å². The summed E-state index contributed by atoms with van der Waals surface area (Å²) in [7, 11) is 0. The van der Waals surface area contributed by atoms with Crippen LogP contribution in [-0.2, 0) is 15.3 Å². The highest BCUT2D eigenvalue weighted by Gasteiger charge is 2.38. The molecule has 0 bridgehead atoms. The second-order valence-corrected chi connectivity index (χ2v) is 9.57. The number of thioether (sulfide) groups is 1. The summed E-state index contributed by atoms with van der Waals surface area (Å²) in [5.74, 6) is 0.405. The van der Waals surface area contributed by atoms with Crippen LogP contribution in [0.25, 0.3) is 5.57 Å². The molecule has 0 spiro atoms. The number of unbranched alkanes of at least 4 members (excludes halogenated alkanes) is 7. The standard InChI is InChI=1S/C28H35NO2S/c1-3-4-5-6-7-8-9-13-20-29-27(30)25(24-18-16-22(2)17-19-24)26(28(29)31)32-21-23-14-11-10-12-15-23/h10-12,14-19H,3-9,13,20-21H2,1-2H3. The predicted molar refractivity (Wildman–Crippen MR) is 135 cm³/mol. The van der Waals surface area contributed by atoms with Gasteiger partial charge < -0.3 is 0 Å². The van der Waals surface area contributed by atoms with Gasteiger partial charge in [0.15, 0.2) is 0 Å². The maximum atomic E-state index is 13.3. The lowest BCUT2D eigenvalue weighted by Crippen LogP contribution is -2.32. The molecule has 1 heterocycles. The van der Waals surface area contributed by atoms with Gasteiger partial charge in [0.1, 0.15) is 0 Å². The molecule has 3 rings (SSSR count). The summed E-state index contributed by atoms with van der Waals surface area (Å²) in [4.78, 5) is 28.6. The fraction of sp³-hybridized carbons (Fsp3) is 0.429. The zero-order chi connectivity index (χ0) is 22.8. The van der Waals surface area contributed by atoms with Crippen molar-refractivity contribution in [2.45, 2.75) is 71.0 Å². The number of rotatable bonds is 13. The Bertz CT molecular complexity index is 918. The Hall–Kier alpha value is -2.33. The first-order valence-corrected chi connectivity index (χ1v) is 12.9. The Morgan fingerprint density at radius 1 is 0.750 bits per heavy atom. The van der Waals surface area contributed by atoms with E-state index in [0.29, 0.717) is 22.8 Å². The molecule has 0 fully saturated rings. The van der Waals surface area contributed by atoms with Crippen molar-refractivity contribution < 1.29 is 9.59 Å². The van der Waals surface area contributed by atoms with Crippen LogP contribution in [0.2, 0.25) is 0 Å². The number of hydrogen-bond donors (Lipinski definition) is 0. The number of carbonyl (C=O) groups excluding carboxylic acids is 2. The van der Waals surface area contributed by atoms with Gasteiger partial charge >= 0.3 is 0 Å². The number of amides is 2. The fourth-order valence-corrected chi connectivity index (χ4v) is 5.09. The summed E-state index contributed by atoms with van der Waals surface area (Å²) in [5.41, 5.74) is 3.69. The van der Waals surface area contributed by atoms with Crippen molar-refractivity contribution in [2.75, 3.05) is 6.54 Å². The molecule has 0 aromatic heterocycles. The second-order valence-electron chi connectivity index (χ2n) is 8.58. The number of hydrogen-bond acceptors (Lipinski definition) is 3. The molecular weight excluding hydrogens is 414 g/mol. The van der Waals surface area contributed by atoms with E-state index in [-0.39, 0.29) is 11.8 Å². The van der Waals surface area contributed by atoms with Crippen LogP contribution in [0.15, 0.2) is 59.5 Å². The molecule has 2 aromatic rings. The SMILES string of the molecule is CCCCCCCCCCN1C(=O)C(SCc2ccccc2)=C(c2ccc(C)cc2)C1=O. The van der Waals surface area contributed by atoms with Gasteiger partial charge in [-0.2, -0.15) is 0 Å². The zero-order valence-electron chi connectivity index (χ0n) is 19.4. The van der Waals surface area contributed by atoms with Crippen LogP contribution in [0, 0.1) is 6.92 Å². The third kappa shape index (κ3) is 6.59. The molecule has 0 N–H and O–H groups in total. The highest BCUT2D eigenvalue weighted by molar-refractivity contribution is 8.03.